The number of hydrogen-bond acceptors (Lipinski definition) is 9. The van der Waals surface area contributed by atoms with Gasteiger partial charge >= 0.3 is 0 Å². The highest BCUT2D eigenvalue weighted by molar-refractivity contribution is 5.82. The van der Waals surface area contributed by atoms with E-state index in [-0.39, 0.29) is 44.5 Å². The summed E-state index contributed by atoms with van der Waals surface area (Å²) in [5.41, 5.74) is 1.36. The Kier molecular flexibility index (Phi) is 8.39. The minimum atomic E-state index is -0.914. The molecule has 37 heavy (non-hydrogen) atoms. The molecule has 11 nitrogen and oxygen atoms in total. The molecule has 194 valence electrons. The van der Waals surface area contributed by atoms with Crippen LogP contribution in [-0.2, 0) is 14.3 Å². The molecule has 3 aromatic rings. The van der Waals surface area contributed by atoms with Gasteiger partial charge in [0.15, 0.2) is 5.82 Å². The predicted octanol–water partition coefficient (Wildman–Crippen LogP) is 2.55. The summed E-state index contributed by atoms with van der Waals surface area (Å²) >= 11 is 0. The number of H-pyrrole nitrogens is 1. The second kappa shape index (κ2) is 11.9. The van der Waals surface area contributed by atoms with Crippen molar-refractivity contribution in [2.75, 3.05) is 38.2 Å². The van der Waals surface area contributed by atoms with Crippen LogP contribution in [0.3, 0.4) is 0 Å². The first-order valence-electron chi connectivity index (χ1n) is 11.9. The van der Waals surface area contributed by atoms with Crippen LogP contribution in [0.25, 0.3) is 22.6 Å². The molecule has 0 radical (unpaired) electrons. The molecule has 1 fully saturated rings. The van der Waals surface area contributed by atoms with E-state index in [1.807, 2.05) is 6.07 Å². The highest BCUT2D eigenvalue weighted by Crippen LogP contribution is 2.35. The number of anilines is 1. The van der Waals surface area contributed by atoms with Gasteiger partial charge in [0.25, 0.3) is 0 Å². The number of nitrogens with zero attached hydrogens (tertiary/aromatic N) is 4. The van der Waals surface area contributed by atoms with Crippen LogP contribution in [-0.4, -0.2) is 63.9 Å². The fourth-order valence-electron chi connectivity index (χ4n) is 3.71. The lowest BCUT2D eigenvalue weighted by atomic mass is 9.91. The van der Waals surface area contributed by atoms with Crippen molar-refractivity contribution in [3.8, 4) is 28.7 Å². The molecule has 2 aromatic heterocycles. The minimum Gasteiger partial charge on any atom is -0.396 e. The van der Waals surface area contributed by atoms with Gasteiger partial charge in [0.2, 0.25) is 18.1 Å². The number of aromatic nitrogens is 4. The van der Waals surface area contributed by atoms with Gasteiger partial charge in [-0.1, -0.05) is 0 Å². The molecule has 12 heteroatoms. The molecule has 0 aliphatic carbocycles. The first kappa shape index (κ1) is 26.2. The van der Waals surface area contributed by atoms with Crippen LogP contribution in [0.5, 0.6) is 0 Å². The van der Waals surface area contributed by atoms with Gasteiger partial charge in [0.05, 0.1) is 48.2 Å². The maximum atomic E-state index is 13.6. The molecule has 4 rings (SSSR count). The van der Waals surface area contributed by atoms with E-state index in [1.54, 1.807) is 31.3 Å². The summed E-state index contributed by atoms with van der Waals surface area (Å²) in [6.45, 7) is 2.72. The fraction of sp³-hybridized carbons (Fsp3) is 0.400. The number of benzene rings is 1. The quantitative estimate of drug-likeness (QED) is 0.301. The standard InChI is InChI=1S/C25H28FN7O4/c1-25(23(35)28-10-2-9-27)14-36-22(37-15-25)21-32-19(16-4-6-17(26)7-5-16)20(33-21)18-8-12-30-24(31-18)29-11-3-13-34/h4-8,12,22,34H,2-3,10-11,13-15H2,1H3,(H,28,35)(H,32,33)(H,29,30,31). The van der Waals surface area contributed by atoms with Gasteiger partial charge in [-0.3, -0.25) is 4.79 Å². The summed E-state index contributed by atoms with van der Waals surface area (Å²) < 4.78 is 25.4. The third kappa shape index (κ3) is 6.26. The van der Waals surface area contributed by atoms with E-state index in [0.29, 0.717) is 47.4 Å². The normalized spacial score (nSPS) is 19.2. The summed E-state index contributed by atoms with van der Waals surface area (Å²) in [5.74, 6) is 0.130. The number of hydrogen-bond donors (Lipinski definition) is 4. The Morgan fingerprint density at radius 3 is 2.70 bits per heavy atom. The van der Waals surface area contributed by atoms with E-state index < -0.39 is 11.7 Å². The topological polar surface area (TPSA) is 158 Å². The summed E-state index contributed by atoms with van der Waals surface area (Å²) in [7, 11) is 0. The van der Waals surface area contributed by atoms with Crippen LogP contribution in [0, 0.1) is 22.6 Å². The van der Waals surface area contributed by atoms with E-state index >= 15 is 0 Å². The Morgan fingerprint density at radius 1 is 1.24 bits per heavy atom. The van der Waals surface area contributed by atoms with Gasteiger partial charge in [-0.2, -0.15) is 5.26 Å². The molecule has 1 aliphatic rings. The van der Waals surface area contributed by atoms with Crippen molar-refractivity contribution in [2.45, 2.75) is 26.1 Å². The highest BCUT2D eigenvalue weighted by Gasteiger charge is 2.40. The summed E-state index contributed by atoms with van der Waals surface area (Å²) in [6.07, 6.45) is 1.50. The van der Waals surface area contributed by atoms with Gasteiger partial charge in [-0.15, -0.1) is 0 Å². The van der Waals surface area contributed by atoms with Crippen LogP contribution in [0.1, 0.15) is 31.9 Å². The van der Waals surface area contributed by atoms with Crippen LogP contribution >= 0.6 is 0 Å². The average Bonchev–Trinajstić information content (AvgIpc) is 3.35. The van der Waals surface area contributed by atoms with Crippen LogP contribution in [0.4, 0.5) is 10.3 Å². The lowest BCUT2D eigenvalue weighted by molar-refractivity contribution is -0.231. The Hall–Kier alpha value is -3.92. The molecule has 1 aromatic carbocycles. The zero-order chi connectivity index (χ0) is 26.3. The summed E-state index contributed by atoms with van der Waals surface area (Å²) in [5, 5.41) is 23.5. The summed E-state index contributed by atoms with van der Waals surface area (Å²) in [4.78, 5) is 29.2. The number of amides is 1. The zero-order valence-electron chi connectivity index (χ0n) is 20.3. The zero-order valence-corrected chi connectivity index (χ0v) is 20.3. The van der Waals surface area contributed by atoms with E-state index in [2.05, 4.69) is 25.6 Å². The smallest absolute Gasteiger partial charge is 0.230 e. The molecule has 1 saturated heterocycles. The van der Waals surface area contributed by atoms with Gasteiger partial charge in [-0.05, 0) is 43.7 Å². The van der Waals surface area contributed by atoms with Crippen molar-refractivity contribution in [1.82, 2.24) is 25.3 Å². The van der Waals surface area contributed by atoms with Crippen molar-refractivity contribution >= 4 is 11.9 Å². The number of imidazole rings is 1. The van der Waals surface area contributed by atoms with Gasteiger partial charge in [0, 0.05) is 31.5 Å². The molecule has 0 spiro atoms. The van der Waals surface area contributed by atoms with Crippen molar-refractivity contribution in [3.05, 3.63) is 48.2 Å². The molecule has 0 unspecified atom stereocenters. The number of nitriles is 1. The second-order valence-electron chi connectivity index (χ2n) is 8.80. The number of ether oxygens (including phenoxy) is 2. The Labute approximate surface area is 213 Å². The lowest BCUT2D eigenvalue weighted by Gasteiger charge is -2.35. The minimum absolute atomic E-state index is 0.0489. The second-order valence-corrected chi connectivity index (χ2v) is 8.80. The maximum absolute atomic E-state index is 13.6. The SMILES string of the molecule is CC1(C(=O)NCCC#N)COC(c2nc(-c3ccc(F)cc3)c(-c3ccnc(NCCCO)n3)[nH]2)OC1. The van der Waals surface area contributed by atoms with Crippen molar-refractivity contribution in [3.63, 3.8) is 0 Å². The van der Waals surface area contributed by atoms with E-state index in [0.717, 1.165) is 0 Å². The Balaban J connectivity index is 1.59. The number of rotatable bonds is 10. The van der Waals surface area contributed by atoms with Crippen LogP contribution < -0.4 is 10.6 Å². The molecule has 4 N–H and O–H groups in total. The van der Waals surface area contributed by atoms with Crippen molar-refractivity contribution in [2.24, 2.45) is 5.41 Å². The summed E-state index contributed by atoms with van der Waals surface area (Å²) in [6, 6.07) is 9.63. The van der Waals surface area contributed by atoms with Crippen molar-refractivity contribution < 1.29 is 23.8 Å². The van der Waals surface area contributed by atoms with Crippen molar-refractivity contribution in [1.29, 1.82) is 5.26 Å². The van der Waals surface area contributed by atoms with E-state index in [4.69, 9.17) is 24.8 Å². The number of aliphatic hydroxyl groups is 1. The van der Waals surface area contributed by atoms with Gasteiger partial charge < -0.3 is 30.2 Å². The number of nitrogens with one attached hydrogen (secondary N) is 3. The number of aliphatic hydroxyl groups excluding tert-OH is 1. The molecular formula is C25H28FN7O4. The fourth-order valence-corrected chi connectivity index (χ4v) is 3.71. The molecule has 0 saturated carbocycles. The van der Waals surface area contributed by atoms with Gasteiger partial charge in [0.1, 0.15) is 5.82 Å². The predicted molar refractivity (Wildman–Crippen MR) is 131 cm³/mol. The third-order valence-electron chi connectivity index (χ3n) is 5.77. The van der Waals surface area contributed by atoms with E-state index in [1.165, 1.54) is 12.1 Å². The molecule has 0 atom stereocenters. The number of carbonyl (C=O) groups excluding carboxylic acids is 1. The largest absolute Gasteiger partial charge is 0.396 e. The van der Waals surface area contributed by atoms with Gasteiger partial charge in [-0.25, -0.2) is 19.3 Å². The number of halogens is 1. The lowest BCUT2D eigenvalue weighted by Crippen LogP contribution is -2.48. The van der Waals surface area contributed by atoms with Crippen LogP contribution in [0.15, 0.2) is 36.5 Å². The molecule has 0 bridgehead atoms. The highest BCUT2D eigenvalue weighted by atomic mass is 19.1. The Bertz CT molecular complexity index is 1250. The third-order valence-corrected chi connectivity index (χ3v) is 5.77. The van der Waals surface area contributed by atoms with E-state index in [9.17, 15) is 9.18 Å². The number of aromatic amines is 1. The van der Waals surface area contributed by atoms with Crippen LogP contribution in [0.2, 0.25) is 0 Å². The number of carbonyl (C=O) groups is 1. The maximum Gasteiger partial charge on any atom is 0.230 e. The first-order chi connectivity index (χ1) is 17.9. The molecule has 1 aliphatic heterocycles. The monoisotopic (exact) mass is 509 g/mol. The Morgan fingerprint density at radius 2 is 2.00 bits per heavy atom. The average molecular weight is 510 g/mol. The molecule has 3 heterocycles. The first-order valence-corrected chi connectivity index (χ1v) is 11.9. The molecular weight excluding hydrogens is 481 g/mol. The molecule has 1 amide bonds.